The predicted molar refractivity (Wildman–Crippen MR) is 90.8 cm³/mol. The van der Waals surface area contributed by atoms with E-state index in [4.69, 9.17) is 9.47 Å². The third-order valence-corrected chi connectivity index (χ3v) is 3.75. The summed E-state index contributed by atoms with van der Waals surface area (Å²) in [4.78, 5) is 11.3. The van der Waals surface area contributed by atoms with Crippen LogP contribution in [0.3, 0.4) is 0 Å². The number of hydrogen-bond acceptors (Lipinski definition) is 6. The molecule has 1 aromatic carbocycles. The molecular weight excluding hydrogens is 292 g/mol. The second-order valence-corrected chi connectivity index (χ2v) is 5.62. The predicted octanol–water partition coefficient (Wildman–Crippen LogP) is 2.68. The van der Waals surface area contributed by atoms with Crippen LogP contribution in [-0.2, 0) is 4.74 Å². The minimum Gasteiger partial charge on any atom is -0.495 e. The Hall–Kier alpha value is -2.34. The van der Waals surface area contributed by atoms with Crippen molar-refractivity contribution in [3.8, 4) is 5.75 Å². The fourth-order valence-electron chi connectivity index (χ4n) is 2.58. The fourth-order valence-corrected chi connectivity index (χ4v) is 2.58. The van der Waals surface area contributed by atoms with E-state index in [1.54, 1.807) is 7.11 Å². The zero-order valence-corrected chi connectivity index (χ0v) is 13.8. The van der Waals surface area contributed by atoms with Crippen molar-refractivity contribution >= 4 is 17.5 Å². The molecule has 6 nitrogen and oxygen atoms in total. The number of methoxy groups -OCH3 is 1. The second kappa shape index (κ2) is 6.83. The summed E-state index contributed by atoms with van der Waals surface area (Å²) in [6.07, 6.45) is 0. The molecule has 0 aliphatic carbocycles. The molecule has 2 heterocycles. The van der Waals surface area contributed by atoms with E-state index in [1.165, 1.54) is 0 Å². The summed E-state index contributed by atoms with van der Waals surface area (Å²) in [6.45, 7) is 7.09. The van der Waals surface area contributed by atoms with E-state index in [-0.39, 0.29) is 0 Å². The van der Waals surface area contributed by atoms with E-state index < -0.39 is 0 Å². The van der Waals surface area contributed by atoms with Crippen LogP contribution in [-0.4, -0.2) is 43.4 Å². The first-order valence-corrected chi connectivity index (χ1v) is 7.76. The van der Waals surface area contributed by atoms with Crippen LogP contribution in [0.15, 0.2) is 24.3 Å². The van der Waals surface area contributed by atoms with Gasteiger partial charge in [-0.15, -0.1) is 0 Å². The first kappa shape index (κ1) is 15.6. The molecule has 0 radical (unpaired) electrons. The molecule has 1 N–H and O–H groups in total. The summed E-state index contributed by atoms with van der Waals surface area (Å²) in [5.74, 6) is 2.30. The van der Waals surface area contributed by atoms with Crippen molar-refractivity contribution in [3.63, 3.8) is 0 Å². The van der Waals surface area contributed by atoms with Gasteiger partial charge in [-0.1, -0.05) is 6.07 Å². The van der Waals surface area contributed by atoms with Crippen molar-refractivity contribution < 1.29 is 9.47 Å². The van der Waals surface area contributed by atoms with Gasteiger partial charge in [-0.2, -0.15) is 4.98 Å². The van der Waals surface area contributed by atoms with Crippen molar-refractivity contribution in [1.29, 1.82) is 0 Å². The first-order valence-electron chi connectivity index (χ1n) is 7.76. The third-order valence-electron chi connectivity index (χ3n) is 3.75. The average molecular weight is 314 g/mol. The molecule has 1 aliphatic rings. The number of nitrogens with one attached hydrogen (secondary N) is 1. The quantitative estimate of drug-likeness (QED) is 0.936. The van der Waals surface area contributed by atoms with E-state index in [2.05, 4.69) is 27.1 Å². The van der Waals surface area contributed by atoms with Gasteiger partial charge in [0.25, 0.3) is 0 Å². The molecule has 1 saturated heterocycles. The molecule has 0 unspecified atom stereocenters. The molecule has 2 aromatic rings. The van der Waals surface area contributed by atoms with Crippen LogP contribution in [0.2, 0.25) is 0 Å². The summed E-state index contributed by atoms with van der Waals surface area (Å²) >= 11 is 0. The van der Waals surface area contributed by atoms with Crippen LogP contribution in [0.1, 0.15) is 11.3 Å². The van der Waals surface area contributed by atoms with Crippen molar-refractivity contribution in [2.75, 3.05) is 43.6 Å². The number of rotatable bonds is 4. The first-order chi connectivity index (χ1) is 11.2. The van der Waals surface area contributed by atoms with Gasteiger partial charge in [0.1, 0.15) is 11.6 Å². The zero-order chi connectivity index (χ0) is 16.2. The molecule has 6 heteroatoms. The number of ether oxygens (including phenoxy) is 2. The van der Waals surface area contributed by atoms with E-state index in [0.717, 1.165) is 47.5 Å². The SMILES string of the molecule is COc1ccc(C)cc1Nc1cc(C)nc(N2CCOCC2)n1. The maximum atomic E-state index is 5.42. The highest BCUT2D eigenvalue weighted by atomic mass is 16.5. The standard InChI is InChI=1S/C17H22N4O2/c1-12-4-5-15(22-3)14(10-12)19-16-11-13(2)18-17(20-16)21-6-8-23-9-7-21/h4-5,10-11H,6-9H2,1-3H3,(H,18,19,20). The Morgan fingerprint density at radius 3 is 2.65 bits per heavy atom. The van der Waals surface area contributed by atoms with Gasteiger partial charge in [0.2, 0.25) is 5.95 Å². The lowest BCUT2D eigenvalue weighted by Gasteiger charge is -2.27. The van der Waals surface area contributed by atoms with Gasteiger partial charge in [0.05, 0.1) is 26.0 Å². The van der Waals surface area contributed by atoms with E-state index in [9.17, 15) is 0 Å². The lowest BCUT2D eigenvalue weighted by atomic mass is 10.2. The third kappa shape index (κ3) is 3.71. The topological polar surface area (TPSA) is 59.5 Å². The van der Waals surface area contributed by atoms with Crippen LogP contribution >= 0.6 is 0 Å². The van der Waals surface area contributed by atoms with Crippen molar-refractivity contribution in [3.05, 3.63) is 35.5 Å². The fraction of sp³-hybridized carbons (Fsp3) is 0.412. The molecule has 0 bridgehead atoms. The summed E-state index contributed by atoms with van der Waals surface area (Å²) in [5.41, 5.74) is 2.99. The van der Waals surface area contributed by atoms with Gasteiger partial charge >= 0.3 is 0 Å². The Labute approximate surface area is 136 Å². The molecule has 3 rings (SSSR count). The second-order valence-electron chi connectivity index (χ2n) is 5.62. The Kier molecular flexibility index (Phi) is 4.62. The van der Waals surface area contributed by atoms with E-state index >= 15 is 0 Å². The maximum Gasteiger partial charge on any atom is 0.227 e. The smallest absolute Gasteiger partial charge is 0.227 e. The molecule has 1 aliphatic heterocycles. The summed E-state index contributed by atoms with van der Waals surface area (Å²) in [7, 11) is 1.67. The van der Waals surface area contributed by atoms with Crippen LogP contribution < -0.4 is 15.0 Å². The Bertz CT molecular complexity index is 684. The lowest BCUT2D eigenvalue weighted by Crippen LogP contribution is -2.37. The van der Waals surface area contributed by atoms with Crippen molar-refractivity contribution in [1.82, 2.24) is 9.97 Å². The van der Waals surface area contributed by atoms with E-state index in [0.29, 0.717) is 13.2 Å². The van der Waals surface area contributed by atoms with Gasteiger partial charge in [-0.25, -0.2) is 4.98 Å². The van der Waals surface area contributed by atoms with Gasteiger partial charge in [-0.05, 0) is 31.5 Å². The number of aromatic nitrogens is 2. The van der Waals surface area contributed by atoms with Gasteiger partial charge in [-0.3, -0.25) is 0 Å². The number of hydrogen-bond donors (Lipinski definition) is 1. The zero-order valence-electron chi connectivity index (χ0n) is 13.8. The number of morpholine rings is 1. The van der Waals surface area contributed by atoms with Crippen molar-refractivity contribution in [2.24, 2.45) is 0 Å². The van der Waals surface area contributed by atoms with Crippen molar-refractivity contribution in [2.45, 2.75) is 13.8 Å². The molecule has 1 aromatic heterocycles. The highest BCUT2D eigenvalue weighted by Crippen LogP contribution is 2.28. The number of benzene rings is 1. The number of aryl methyl sites for hydroxylation is 2. The Balaban J connectivity index is 1.88. The average Bonchev–Trinajstić information content (AvgIpc) is 2.55. The molecule has 1 fully saturated rings. The molecule has 0 spiro atoms. The van der Waals surface area contributed by atoms with Crippen LogP contribution in [0.5, 0.6) is 5.75 Å². The Morgan fingerprint density at radius 1 is 1.13 bits per heavy atom. The van der Waals surface area contributed by atoms with Crippen LogP contribution in [0.25, 0.3) is 0 Å². The minimum atomic E-state index is 0.714. The summed E-state index contributed by atoms with van der Waals surface area (Å²) < 4.78 is 10.8. The largest absolute Gasteiger partial charge is 0.495 e. The number of anilines is 3. The molecule has 0 saturated carbocycles. The molecule has 23 heavy (non-hydrogen) atoms. The number of nitrogens with zero attached hydrogens (tertiary/aromatic N) is 3. The monoisotopic (exact) mass is 314 g/mol. The maximum absolute atomic E-state index is 5.42. The normalized spacial score (nSPS) is 14.7. The Morgan fingerprint density at radius 2 is 1.91 bits per heavy atom. The molecular formula is C17H22N4O2. The lowest BCUT2D eigenvalue weighted by molar-refractivity contribution is 0.122. The van der Waals surface area contributed by atoms with Gasteiger partial charge in [0.15, 0.2) is 0 Å². The molecule has 0 atom stereocenters. The van der Waals surface area contributed by atoms with Crippen LogP contribution in [0, 0.1) is 13.8 Å². The van der Waals surface area contributed by atoms with E-state index in [1.807, 2.05) is 31.2 Å². The summed E-state index contributed by atoms with van der Waals surface area (Å²) in [6, 6.07) is 7.96. The van der Waals surface area contributed by atoms with Crippen LogP contribution in [0.4, 0.5) is 17.5 Å². The van der Waals surface area contributed by atoms with Gasteiger partial charge < -0.3 is 19.7 Å². The molecule has 0 amide bonds. The minimum absolute atomic E-state index is 0.714. The highest BCUT2D eigenvalue weighted by Gasteiger charge is 2.15. The highest BCUT2D eigenvalue weighted by molar-refractivity contribution is 5.66. The molecule has 122 valence electrons. The van der Waals surface area contributed by atoms with Gasteiger partial charge in [0, 0.05) is 24.8 Å². The summed E-state index contributed by atoms with van der Waals surface area (Å²) in [5, 5.41) is 3.35.